The first-order valence-corrected chi connectivity index (χ1v) is 2.91. The molecular weight excluding hydrogens is 100 g/mol. The lowest BCUT2D eigenvalue weighted by molar-refractivity contribution is 0.180. The Hall–Kier alpha value is -0.460. The second-order valence-electron chi connectivity index (χ2n) is 1.64. The molecule has 0 aliphatic heterocycles. The van der Waals surface area contributed by atoms with Crippen LogP contribution in [0.2, 0.25) is 0 Å². The van der Waals surface area contributed by atoms with Crippen LogP contribution in [0.3, 0.4) is 0 Å². The van der Waals surface area contributed by atoms with E-state index in [1.165, 1.54) is 0 Å². The highest BCUT2D eigenvalue weighted by molar-refractivity contribution is 4.69. The van der Waals surface area contributed by atoms with E-state index >= 15 is 0 Å². The summed E-state index contributed by atoms with van der Waals surface area (Å²) in [4.78, 5) is 0. The molecule has 1 atom stereocenters. The van der Waals surface area contributed by atoms with E-state index in [1.807, 2.05) is 19.9 Å². The summed E-state index contributed by atoms with van der Waals surface area (Å²) in [6.07, 6.45) is 4.60. The summed E-state index contributed by atoms with van der Waals surface area (Å²) in [5.41, 5.74) is 0. The molecule has 0 aromatic rings. The van der Waals surface area contributed by atoms with Gasteiger partial charge in [0, 0.05) is 0 Å². The third-order valence-electron chi connectivity index (χ3n) is 0.862. The van der Waals surface area contributed by atoms with Gasteiger partial charge < -0.3 is 4.74 Å². The highest BCUT2D eigenvalue weighted by Crippen LogP contribution is 1.94. The van der Waals surface area contributed by atoms with Crippen LogP contribution in [0.25, 0.3) is 0 Å². The van der Waals surface area contributed by atoms with Gasteiger partial charge in [-0.1, -0.05) is 13.0 Å². The lowest BCUT2D eigenvalue weighted by atomic mass is 10.3. The van der Waals surface area contributed by atoms with Gasteiger partial charge >= 0.3 is 0 Å². The number of hydrogen-bond acceptors (Lipinski definition) is 1. The van der Waals surface area contributed by atoms with Crippen LogP contribution < -0.4 is 0 Å². The largest absolute Gasteiger partial charge is 0.498 e. The molecule has 0 aromatic carbocycles. The molecule has 0 saturated heterocycles. The quantitative estimate of drug-likeness (QED) is 0.509. The topological polar surface area (TPSA) is 9.23 Å². The van der Waals surface area contributed by atoms with Crippen LogP contribution in [0.15, 0.2) is 12.3 Å². The van der Waals surface area contributed by atoms with Crippen LogP contribution in [-0.2, 0) is 4.74 Å². The van der Waals surface area contributed by atoms with Crippen LogP contribution in [0.4, 0.5) is 0 Å². The summed E-state index contributed by atoms with van der Waals surface area (Å²) in [6.45, 7) is 7.68. The Morgan fingerprint density at radius 2 is 2.38 bits per heavy atom. The van der Waals surface area contributed by atoms with Gasteiger partial charge in [-0.15, -0.1) is 0 Å². The van der Waals surface area contributed by atoms with Gasteiger partial charge in [0.2, 0.25) is 0 Å². The standard InChI is InChI=1S/C7H13O/c1-4-6-8-7(3)5-2/h4,6-7H,3,5H2,1-2H3/b6-4-. The maximum atomic E-state index is 5.05. The molecule has 1 nitrogen and oxygen atoms in total. The van der Waals surface area contributed by atoms with E-state index in [-0.39, 0.29) is 6.10 Å². The van der Waals surface area contributed by atoms with Gasteiger partial charge in [-0.3, -0.25) is 0 Å². The fourth-order valence-corrected chi connectivity index (χ4v) is 0.286. The molecule has 1 heteroatoms. The van der Waals surface area contributed by atoms with E-state index in [0.717, 1.165) is 6.42 Å². The van der Waals surface area contributed by atoms with Gasteiger partial charge in [-0.05, 0) is 20.3 Å². The molecule has 0 aromatic heterocycles. The van der Waals surface area contributed by atoms with Gasteiger partial charge in [0.05, 0.1) is 12.4 Å². The summed E-state index contributed by atoms with van der Waals surface area (Å²) in [7, 11) is 0. The molecule has 0 N–H and O–H groups in total. The molecule has 0 saturated carbocycles. The molecule has 0 bridgehead atoms. The second kappa shape index (κ2) is 4.69. The van der Waals surface area contributed by atoms with Crippen molar-refractivity contribution in [3.8, 4) is 0 Å². The molecule has 0 aliphatic rings. The lowest BCUT2D eigenvalue weighted by Crippen LogP contribution is -2.00. The maximum Gasteiger partial charge on any atom is 0.0977 e. The SMILES string of the molecule is [CH2]C(CC)O/C=C\C. The number of ether oxygens (including phenoxy) is 1. The third-order valence-corrected chi connectivity index (χ3v) is 0.862. The maximum absolute atomic E-state index is 5.05. The monoisotopic (exact) mass is 113 g/mol. The first-order chi connectivity index (χ1) is 3.81. The molecular formula is C7H13O. The zero-order valence-electron chi connectivity index (χ0n) is 5.55. The molecule has 1 radical (unpaired) electrons. The molecule has 47 valence electrons. The molecule has 0 rings (SSSR count). The van der Waals surface area contributed by atoms with Crippen LogP contribution in [0, 0.1) is 6.92 Å². The van der Waals surface area contributed by atoms with Crippen molar-refractivity contribution in [1.82, 2.24) is 0 Å². The smallest absolute Gasteiger partial charge is 0.0977 e. The summed E-state index contributed by atoms with van der Waals surface area (Å²) >= 11 is 0. The first-order valence-electron chi connectivity index (χ1n) is 2.91. The number of hydrogen-bond donors (Lipinski definition) is 0. The molecule has 1 unspecified atom stereocenters. The molecule has 0 heterocycles. The Balaban J connectivity index is 3.10. The highest BCUT2D eigenvalue weighted by atomic mass is 16.5. The van der Waals surface area contributed by atoms with Crippen LogP contribution in [0.1, 0.15) is 20.3 Å². The minimum atomic E-state index is 0.117. The van der Waals surface area contributed by atoms with Crippen molar-refractivity contribution in [3.63, 3.8) is 0 Å². The molecule has 0 aliphatic carbocycles. The minimum absolute atomic E-state index is 0.117. The minimum Gasteiger partial charge on any atom is -0.498 e. The van der Waals surface area contributed by atoms with Gasteiger partial charge in [0.25, 0.3) is 0 Å². The zero-order valence-corrected chi connectivity index (χ0v) is 5.55. The van der Waals surface area contributed by atoms with Crippen molar-refractivity contribution < 1.29 is 4.74 Å². The van der Waals surface area contributed by atoms with Crippen molar-refractivity contribution in [2.24, 2.45) is 0 Å². The summed E-state index contributed by atoms with van der Waals surface area (Å²) < 4.78 is 5.05. The molecule has 8 heavy (non-hydrogen) atoms. The summed E-state index contributed by atoms with van der Waals surface area (Å²) in [5.74, 6) is 0. The normalized spacial score (nSPS) is 14.4. The Morgan fingerprint density at radius 3 is 2.75 bits per heavy atom. The van der Waals surface area contributed by atoms with Crippen molar-refractivity contribution in [2.45, 2.75) is 26.4 Å². The zero-order chi connectivity index (χ0) is 6.41. The Bertz CT molecular complexity index is 66.8. The van der Waals surface area contributed by atoms with Gasteiger partial charge in [-0.2, -0.15) is 0 Å². The summed E-state index contributed by atoms with van der Waals surface area (Å²) in [5, 5.41) is 0. The fraction of sp³-hybridized carbons (Fsp3) is 0.571. The van der Waals surface area contributed by atoms with E-state index in [2.05, 4.69) is 6.92 Å². The average Bonchev–Trinajstić information content (AvgIpc) is 1.83. The molecule has 0 fully saturated rings. The van der Waals surface area contributed by atoms with Crippen LogP contribution in [-0.4, -0.2) is 6.10 Å². The van der Waals surface area contributed by atoms with Crippen molar-refractivity contribution in [1.29, 1.82) is 0 Å². The van der Waals surface area contributed by atoms with Crippen molar-refractivity contribution >= 4 is 0 Å². The third kappa shape index (κ3) is 3.72. The first kappa shape index (κ1) is 7.54. The van der Waals surface area contributed by atoms with Gasteiger partial charge in [0.15, 0.2) is 0 Å². The van der Waals surface area contributed by atoms with E-state index in [9.17, 15) is 0 Å². The summed E-state index contributed by atoms with van der Waals surface area (Å²) in [6, 6.07) is 0. The Labute approximate surface area is 51.4 Å². The van der Waals surface area contributed by atoms with Gasteiger partial charge in [0.1, 0.15) is 0 Å². The fourth-order valence-electron chi connectivity index (χ4n) is 0.286. The predicted octanol–water partition coefficient (Wildman–Crippen LogP) is 2.15. The second-order valence-corrected chi connectivity index (χ2v) is 1.64. The van der Waals surface area contributed by atoms with E-state index in [1.54, 1.807) is 6.26 Å². The van der Waals surface area contributed by atoms with Crippen molar-refractivity contribution in [2.75, 3.05) is 0 Å². The average molecular weight is 113 g/mol. The van der Waals surface area contributed by atoms with Crippen LogP contribution in [0.5, 0.6) is 0 Å². The van der Waals surface area contributed by atoms with Crippen molar-refractivity contribution in [3.05, 3.63) is 19.3 Å². The van der Waals surface area contributed by atoms with Gasteiger partial charge in [-0.25, -0.2) is 0 Å². The lowest BCUT2D eigenvalue weighted by Gasteiger charge is -2.05. The van der Waals surface area contributed by atoms with Crippen LogP contribution >= 0.6 is 0 Å². The number of rotatable bonds is 3. The highest BCUT2D eigenvalue weighted by Gasteiger charge is 1.91. The van der Waals surface area contributed by atoms with E-state index in [0.29, 0.717) is 0 Å². The Morgan fingerprint density at radius 1 is 1.75 bits per heavy atom. The molecule has 0 spiro atoms. The predicted molar refractivity (Wildman–Crippen MR) is 35.3 cm³/mol. The Kier molecular flexibility index (Phi) is 4.42. The number of allylic oxidation sites excluding steroid dienone is 1. The van der Waals surface area contributed by atoms with E-state index in [4.69, 9.17) is 4.74 Å². The molecule has 0 amide bonds. The van der Waals surface area contributed by atoms with E-state index < -0.39 is 0 Å².